The molecule has 0 aromatic carbocycles. The van der Waals surface area contributed by atoms with Crippen LogP contribution in [-0.4, -0.2) is 48.0 Å². The fraction of sp³-hybridized carbons (Fsp3) is 0.875. The third-order valence-corrected chi connectivity index (χ3v) is 3.83. The van der Waals surface area contributed by atoms with Gasteiger partial charge in [0.15, 0.2) is 0 Å². The predicted octanol–water partition coefficient (Wildman–Crippen LogP) is 0.170. The molecule has 5 nitrogen and oxygen atoms in total. The van der Waals surface area contributed by atoms with E-state index in [4.69, 9.17) is 13.6 Å². The van der Waals surface area contributed by atoms with Gasteiger partial charge in [-0.25, -0.2) is 4.79 Å². The highest BCUT2D eigenvalue weighted by Gasteiger charge is 2.25. The van der Waals surface area contributed by atoms with Gasteiger partial charge in [-0.1, -0.05) is 0 Å². The lowest BCUT2D eigenvalue weighted by molar-refractivity contribution is 0.159. The molecule has 0 fully saturated rings. The second-order valence-electron chi connectivity index (χ2n) is 2.52. The van der Waals surface area contributed by atoms with Crippen LogP contribution in [-0.2, 0) is 18.4 Å². The van der Waals surface area contributed by atoms with E-state index in [0.29, 0.717) is 19.8 Å². The topological polar surface area (TPSA) is 57.1 Å². The first-order valence-electron chi connectivity index (χ1n) is 4.59. The molecule has 1 unspecified atom stereocenters. The van der Waals surface area contributed by atoms with E-state index >= 15 is 0 Å². The van der Waals surface area contributed by atoms with Crippen LogP contribution in [0.15, 0.2) is 4.99 Å². The molecule has 0 aromatic rings. The summed E-state index contributed by atoms with van der Waals surface area (Å²) in [6.07, 6.45) is 1.52. The fourth-order valence-electron chi connectivity index (χ4n) is 1.01. The van der Waals surface area contributed by atoms with E-state index in [9.17, 15) is 4.79 Å². The van der Waals surface area contributed by atoms with Gasteiger partial charge in [0.1, 0.15) is 5.67 Å². The number of carbonyl (C=O) groups excluding carboxylic acids is 1. The zero-order valence-electron chi connectivity index (χ0n) is 8.86. The Labute approximate surface area is 85.9 Å². The van der Waals surface area contributed by atoms with E-state index in [0.717, 1.165) is 0 Å². The number of ether oxygens (including phenoxy) is 1. The Hall–Kier alpha value is -0.523. The lowest BCUT2D eigenvalue weighted by Crippen LogP contribution is -2.39. The monoisotopic (exact) mass is 219 g/mol. The van der Waals surface area contributed by atoms with Crippen LogP contribution in [0.4, 0.5) is 0 Å². The van der Waals surface area contributed by atoms with Gasteiger partial charge in [0.2, 0.25) is 6.08 Å². The molecule has 0 aliphatic rings. The molecule has 0 aromatic heterocycles. The normalized spacial score (nSPS) is 12.6. The smallest absolute Gasteiger partial charge is 0.350 e. The Kier molecular flexibility index (Phi) is 8.71. The minimum Gasteiger partial charge on any atom is -0.396 e. The lowest BCUT2D eigenvalue weighted by atomic mass is 10.7. The van der Waals surface area contributed by atoms with Gasteiger partial charge in [-0.15, -0.1) is 0 Å². The molecule has 0 aliphatic carbocycles. The van der Waals surface area contributed by atoms with Crippen molar-refractivity contribution in [1.82, 2.24) is 0 Å². The fourth-order valence-corrected chi connectivity index (χ4v) is 2.74. The summed E-state index contributed by atoms with van der Waals surface area (Å²) >= 11 is 0. The molecular formula is C8H17NO4Si. The number of isocyanates is 1. The zero-order chi connectivity index (χ0) is 10.8. The average Bonchev–Trinajstić information content (AvgIpc) is 2.17. The van der Waals surface area contributed by atoms with Crippen LogP contribution >= 0.6 is 0 Å². The van der Waals surface area contributed by atoms with Crippen LogP contribution in [0.2, 0.25) is 0 Å². The van der Waals surface area contributed by atoms with E-state index in [2.05, 4.69) is 4.99 Å². The first-order chi connectivity index (χ1) is 6.79. The number of hydrogen-bond donors (Lipinski definition) is 0. The Morgan fingerprint density at radius 1 is 1.36 bits per heavy atom. The molecule has 0 N–H and O–H groups in total. The number of hydrogen-bond acceptors (Lipinski definition) is 5. The molecule has 0 radical (unpaired) electrons. The van der Waals surface area contributed by atoms with Crippen LogP contribution in [0.1, 0.15) is 13.8 Å². The third kappa shape index (κ3) is 5.26. The van der Waals surface area contributed by atoms with Crippen molar-refractivity contribution in [3.05, 3.63) is 0 Å². The zero-order valence-corrected chi connectivity index (χ0v) is 10.0. The average molecular weight is 219 g/mol. The van der Waals surface area contributed by atoms with Crippen LogP contribution in [0, 0.1) is 0 Å². The number of aliphatic imine (C=N–C) groups is 1. The molecule has 82 valence electrons. The quantitative estimate of drug-likeness (QED) is 0.332. The second kappa shape index (κ2) is 9.05. The molecule has 0 saturated heterocycles. The van der Waals surface area contributed by atoms with Crippen molar-refractivity contribution in [1.29, 1.82) is 0 Å². The molecule has 6 heteroatoms. The van der Waals surface area contributed by atoms with Gasteiger partial charge in [-0.3, -0.25) is 0 Å². The highest BCUT2D eigenvalue weighted by molar-refractivity contribution is 6.46. The number of nitrogens with zero attached hydrogens (tertiary/aromatic N) is 1. The van der Waals surface area contributed by atoms with Crippen molar-refractivity contribution in [2.24, 2.45) is 4.99 Å². The molecule has 0 saturated carbocycles. The lowest BCUT2D eigenvalue weighted by Gasteiger charge is -2.19. The largest absolute Gasteiger partial charge is 0.396 e. The Balaban J connectivity index is 4.27. The maximum atomic E-state index is 10.2. The van der Waals surface area contributed by atoms with Crippen molar-refractivity contribution in [3.63, 3.8) is 0 Å². The summed E-state index contributed by atoms with van der Waals surface area (Å²) < 4.78 is 15.8. The first-order valence-corrected chi connectivity index (χ1v) is 6.20. The molecule has 0 bridgehead atoms. The van der Waals surface area contributed by atoms with Crippen molar-refractivity contribution in [2.45, 2.75) is 19.5 Å². The Morgan fingerprint density at radius 2 is 1.93 bits per heavy atom. The molecule has 0 spiro atoms. The number of rotatable bonds is 8. The van der Waals surface area contributed by atoms with Crippen LogP contribution < -0.4 is 0 Å². The highest BCUT2D eigenvalue weighted by Crippen LogP contribution is 2.02. The molecule has 14 heavy (non-hydrogen) atoms. The minimum absolute atomic E-state index is 0.308. The summed E-state index contributed by atoms with van der Waals surface area (Å²) in [6, 6.07) is 0. The van der Waals surface area contributed by atoms with Gasteiger partial charge < -0.3 is 13.6 Å². The first kappa shape index (κ1) is 13.5. The van der Waals surface area contributed by atoms with Crippen LogP contribution in [0.3, 0.4) is 0 Å². The summed E-state index contributed by atoms with van der Waals surface area (Å²) in [6.45, 7) is 5.23. The third-order valence-electron chi connectivity index (χ3n) is 1.53. The molecule has 0 heterocycles. The Morgan fingerprint density at radius 3 is 2.29 bits per heavy atom. The van der Waals surface area contributed by atoms with E-state index in [-0.39, 0.29) is 5.67 Å². The van der Waals surface area contributed by atoms with E-state index in [1.165, 1.54) is 6.08 Å². The molecule has 0 amide bonds. The second-order valence-corrected chi connectivity index (χ2v) is 4.70. The van der Waals surface area contributed by atoms with Gasteiger partial charge in [0.25, 0.3) is 0 Å². The van der Waals surface area contributed by atoms with Crippen molar-refractivity contribution in [2.75, 3.05) is 26.9 Å². The minimum atomic E-state index is -1.94. The highest BCUT2D eigenvalue weighted by atomic mass is 28.3. The summed E-state index contributed by atoms with van der Waals surface area (Å²) in [5.41, 5.74) is -0.308. The summed E-state index contributed by atoms with van der Waals surface area (Å²) in [5.74, 6) is 0. The van der Waals surface area contributed by atoms with E-state index in [1.54, 1.807) is 7.11 Å². The van der Waals surface area contributed by atoms with Gasteiger partial charge >= 0.3 is 9.28 Å². The molecule has 0 rings (SSSR count). The van der Waals surface area contributed by atoms with Gasteiger partial charge in [-0.2, -0.15) is 4.99 Å². The van der Waals surface area contributed by atoms with Crippen molar-refractivity contribution < 1.29 is 18.4 Å². The predicted molar refractivity (Wildman–Crippen MR) is 54.2 cm³/mol. The molecule has 1 atom stereocenters. The maximum Gasteiger partial charge on any atom is 0.350 e. The molecule has 0 aliphatic heterocycles. The van der Waals surface area contributed by atoms with Crippen molar-refractivity contribution >= 4 is 15.4 Å². The van der Waals surface area contributed by atoms with E-state index in [1.807, 2.05) is 13.8 Å². The van der Waals surface area contributed by atoms with Gasteiger partial charge in [0.05, 0.1) is 6.61 Å². The summed E-state index contributed by atoms with van der Waals surface area (Å²) in [7, 11) is -0.386. The SMILES string of the molecule is CCO[SiH](OCC)C(COC)N=C=O. The van der Waals surface area contributed by atoms with E-state index < -0.39 is 9.28 Å². The maximum absolute atomic E-state index is 10.2. The summed E-state index contributed by atoms with van der Waals surface area (Å²) in [5, 5.41) is 0. The van der Waals surface area contributed by atoms with Crippen molar-refractivity contribution in [3.8, 4) is 0 Å². The number of methoxy groups -OCH3 is 1. The summed E-state index contributed by atoms with van der Waals surface area (Å²) in [4.78, 5) is 13.8. The molecular weight excluding hydrogens is 202 g/mol. The van der Waals surface area contributed by atoms with Gasteiger partial charge in [-0.05, 0) is 13.8 Å². The standard InChI is InChI=1S/C8H17NO4Si/c1-4-12-14(13-5-2)8(6-11-3)9-7-10/h8,14H,4-6H2,1-3H3. The van der Waals surface area contributed by atoms with Crippen LogP contribution in [0.5, 0.6) is 0 Å². The van der Waals surface area contributed by atoms with Gasteiger partial charge in [0, 0.05) is 20.3 Å². The Bertz CT molecular complexity index is 178. The van der Waals surface area contributed by atoms with Crippen LogP contribution in [0.25, 0.3) is 0 Å².